The van der Waals surface area contributed by atoms with E-state index in [2.05, 4.69) is 30.0 Å². The molecule has 0 fully saturated rings. The molecule has 0 saturated carbocycles. The zero-order valence-electron chi connectivity index (χ0n) is 15.1. The average Bonchev–Trinajstić information content (AvgIpc) is 3.15. The number of phenols is 1. The smallest absolute Gasteiger partial charge is 0.341 e. The third-order valence-corrected chi connectivity index (χ3v) is 5.21. The van der Waals surface area contributed by atoms with Gasteiger partial charge in [0.15, 0.2) is 5.65 Å². The van der Waals surface area contributed by atoms with E-state index in [1.807, 2.05) is 6.92 Å². The zero-order valence-corrected chi connectivity index (χ0v) is 15.9. The molecule has 0 aliphatic heterocycles. The summed E-state index contributed by atoms with van der Waals surface area (Å²) in [6, 6.07) is 4.16. The van der Waals surface area contributed by atoms with Gasteiger partial charge in [-0.2, -0.15) is 4.98 Å². The van der Waals surface area contributed by atoms with Gasteiger partial charge in [0.25, 0.3) is 0 Å². The number of amides is 1. The van der Waals surface area contributed by atoms with Crippen LogP contribution in [0.4, 0.5) is 11.6 Å². The number of rotatable bonds is 6. The number of nitrogens with one attached hydrogen (secondary N) is 2. The number of imidazole rings is 1. The van der Waals surface area contributed by atoms with E-state index in [0.29, 0.717) is 28.3 Å². The van der Waals surface area contributed by atoms with Crippen molar-refractivity contribution in [1.82, 2.24) is 19.9 Å². The molecule has 0 spiro atoms. The molecule has 3 aromatic rings. The molecular formula is C17H18N6O4S. The van der Waals surface area contributed by atoms with Gasteiger partial charge >= 0.3 is 5.97 Å². The number of fused-ring (bicyclic) bond motifs is 1. The average molecular weight is 402 g/mol. The second-order valence-electron chi connectivity index (χ2n) is 5.72. The number of methoxy groups -OCH3 is 1. The van der Waals surface area contributed by atoms with Gasteiger partial charge in [0.1, 0.15) is 21.9 Å². The van der Waals surface area contributed by atoms with Crippen molar-refractivity contribution in [3.8, 4) is 5.75 Å². The number of benzene rings is 1. The number of carbonyl (C=O) groups excluding carboxylic acids is 2. The van der Waals surface area contributed by atoms with Crippen molar-refractivity contribution in [3.05, 3.63) is 30.1 Å². The number of thioether (sulfide) groups is 1. The monoisotopic (exact) mass is 402 g/mol. The highest BCUT2D eigenvalue weighted by Gasteiger charge is 2.22. The van der Waals surface area contributed by atoms with Gasteiger partial charge in [-0.05, 0) is 24.6 Å². The summed E-state index contributed by atoms with van der Waals surface area (Å²) in [5.74, 6) is -1.16. The number of hydrogen-bond donors (Lipinski definition) is 4. The molecule has 1 unspecified atom stereocenters. The molecular weight excluding hydrogens is 384 g/mol. The highest BCUT2D eigenvalue weighted by Crippen LogP contribution is 2.30. The van der Waals surface area contributed by atoms with E-state index in [1.165, 1.54) is 43.4 Å². The number of carbonyl (C=O) groups is 2. The number of anilines is 2. The molecule has 2 heterocycles. The number of phenolic OH excluding ortho intramolecular Hbond substituents is 1. The minimum absolute atomic E-state index is 0.0382. The van der Waals surface area contributed by atoms with Crippen LogP contribution in [0.5, 0.6) is 5.75 Å². The maximum absolute atomic E-state index is 12.7. The number of hydrogen-bond acceptors (Lipinski definition) is 9. The first-order valence-corrected chi connectivity index (χ1v) is 9.16. The van der Waals surface area contributed by atoms with Crippen molar-refractivity contribution in [1.29, 1.82) is 0 Å². The van der Waals surface area contributed by atoms with Gasteiger partial charge in [0.2, 0.25) is 11.9 Å². The Morgan fingerprint density at radius 3 is 2.89 bits per heavy atom. The van der Waals surface area contributed by atoms with Crippen LogP contribution in [0.3, 0.4) is 0 Å². The van der Waals surface area contributed by atoms with E-state index < -0.39 is 11.2 Å². The molecule has 1 atom stereocenters. The van der Waals surface area contributed by atoms with Crippen LogP contribution >= 0.6 is 11.8 Å². The Morgan fingerprint density at radius 1 is 1.39 bits per heavy atom. The SMILES string of the molecule is CCC(Sc1nc(N)nc2nc[nH]c12)C(=O)Nc1ccc(O)c(C(=O)OC)c1. The second kappa shape index (κ2) is 8.13. The summed E-state index contributed by atoms with van der Waals surface area (Å²) < 4.78 is 4.62. The van der Waals surface area contributed by atoms with Gasteiger partial charge in [-0.15, -0.1) is 0 Å². The zero-order chi connectivity index (χ0) is 20.3. The molecule has 146 valence electrons. The molecule has 1 amide bonds. The van der Waals surface area contributed by atoms with Gasteiger partial charge in [-0.25, -0.2) is 14.8 Å². The van der Waals surface area contributed by atoms with Crippen molar-refractivity contribution in [2.45, 2.75) is 23.6 Å². The number of aromatic nitrogens is 4. The summed E-state index contributed by atoms with van der Waals surface area (Å²) in [5, 5.41) is 12.5. The molecule has 3 rings (SSSR count). The maximum atomic E-state index is 12.7. The predicted molar refractivity (Wildman–Crippen MR) is 104 cm³/mol. The van der Waals surface area contributed by atoms with Crippen LogP contribution in [0.1, 0.15) is 23.7 Å². The van der Waals surface area contributed by atoms with Crippen LogP contribution in [0.15, 0.2) is 29.6 Å². The van der Waals surface area contributed by atoms with E-state index >= 15 is 0 Å². The van der Waals surface area contributed by atoms with Crippen LogP contribution in [-0.4, -0.2) is 49.3 Å². The Morgan fingerprint density at radius 2 is 2.18 bits per heavy atom. The lowest BCUT2D eigenvalue weighted by Crippen LogP contribution is -2.25. The van der Waals surface area contributed by atoms with Gasteiger partial charge in [0.05, 0.1) is 18.7 Å². The Bertz CT molecular complexity index is 1040. The number of nitrogens with two attached hydrogens (primary N) is 1. The van der Waals surface area contributed by atoms with Crippen LogP contribution in [-0.2, 0) is 9.53 Å². The number of esters is 1. The largest absolute Gasteiger partial charge is 0.507 e. The van der Waals surface area contributed by atoms with Crippen LogP contribution < -0.4 is 11.1 Å². The van der Waals surface area contributed by atoms with E-state index in [4.69, 9.17) is 5.73 Å². The Balaban J connectivity index is 1.80. The summed E-state index contributed by atoms with van der Waals surface area (Å²) >= 11 is 1.23. The molecule has 2 aromatic heterocycles. The molecule has 0 aliphatic rings. The fraction of sp³-hybridized carbons (Fsp3) is 0.235. The molecule has 0 saturated heterocycles. The van der Waals surface area contributed by atoms with Gasteiger partial charge in [-0.1, -0.05) is 18.7 Å². The maximum Gasteiger partial charge on any atom is 0.341 e. The van der Waals surface area contributed by atoms with E-state index in [0.717, 1.165) is 0 Å². The van der Waals surface area contributed by atoms with Crippen molar-refractivity contribution in [2.75, 3.05) is 18.2 Å². The first kappa shape index (κ1) is 19.4. The lowest BCUT2D eigenvalue weighted by molar-refractivity contribution is -0.115. The van der Waals surface area contributed by atoms with E-state index in [-0.39, 0.29) is 23.2 Å². The Labute approximate surface area is 163 Å². The topological polar surface area (TPSA) is 156 Å². The molecule has 11 heteroatoms. The van der Waals surface area contributed by atoms with Gasteiger partial charge < -0.3 is 25.9 Å². The summed E-state index contributed by atoms with van der Waals surface area (Å²) in [6.07, 6.45) is 1.99. The lowest BCUT2D eigenvalue weighted by Gasteiger charge is -2.15. The quantitative estimate of drug-likeness (QED) is 0.209. The first-order valence-electron chi connectivity index (χ1n) is 8.28. The Hall–Kier alpha value is -3.34. The number of nitrogen functional groups attached to an aromatic ring is 1. The van der Waals surface area contributed by atoms with Crippen molar-refractivity contribution in [2.24, 2.45) is 0 Å². The number of aromatic hydroxyl groups is 1. The van der Waals surface area contributed by atoms with Crippen molar-refractivity contribution < 1.29 is 19.4 Å². The van der Waals surface area contributed by atoms with Crippen LogP contribution in [0.2, 0.25) is 0 Å². The minimum Gasteiger partial charge on any atom is -0.507 e. The minimum atomic E-state index is -0.701. The number of aromatic amines is 1. The lowest BCUT2D eigenvalue weighted by atomic mass is 10.1. The van der Waals surface area contributed by atoms with Crippen molar-refractivity contribution >= 4 is 46.4 Å². The fourth-order valence-electron chi connectivity index (χ4n) is 2.47. The highest BCUT2D eigenvalue weighted by molar-refractivity contribution is 8.00. The van der Waals surface area contributed by atoms with Crippen molar-refractivity contribution in [3.63, 3.8) is 0 Å². The second-order valence-corrected chi connectivity index (χ2v) is 6.91. The Kier molecular flexibility index (Phi) is 5.64. The summed E-state index contributed by atoms with van der Waals surface area (Å²) in [4.78, 5) is 39.7. The normalized spacial score (nSPS) is 11.9. The molecule has 0 radical (unpaired) electrons. The molecule has 10 nitrogen and oxygen atoms in total. The van der Waals surface area contributed by atoms with E-state index in [1.54, 1.807) is 0 Å². The predicted octanol–water partition coefficient (Wildman–Crippen LogP) is 1.94. The molecule has 0 bridgehead atoms. The third-order valence-electron chi connectivity index (χ3n) is 3.86. The number of ether oxygens (including phenoxy) is 1. The third kappa shape index (κ3) is 3.98. The highest BCUT2D eigenvalue weighted by atomic mass is 32.2. The fourth-order valence-corrected chi connectivity index (χ4v) is 3.49. The van der Waals surface area contributed by atoms with Gasteiger partial charge in [-0.3, -0.25) is 4.79 Å². The first-order chi connectivity index (χ1) is 13.4. The summed E-state index contributed by atoms with van der Waals surface area (Å²) in [6.45, 7) is 1.86. The van der Waals surface area contributed by atoms with Crippen LogP contribution in [0, 0.1) is 0 Å². The summed E-state index contributed by atoms with van der Waals surface area (Å²) in [5.41, 5.74) is 7.06. The molecule has 1 aromatic carbocycles. The number of nitrogens with zero attached hydrogens (tertiary/aromatic N) is 3. The molecule has 28 heavy (non-hydrogen) atoms. The van der Waals surface area contributed by atoms with Crippen LogP contribution in [0.25, 0.3) is 11.2 Å². The van der Waals surface area contributed by atoms with Gasteiger partial charge in [0, 0.05) is 5.69 Å². The van der Waals surface area contributed by atoms with E-state index in [9.17, 15) is 14.7 Å². The molecule has 0 aliphatic carbocycles. The molecule has 5 N–H and O–H groups in total. The number of H-pyrrole nitrogens is 1. The standard InChI is InChI=1S/C17H18N6O4S/c1-3-11(28-15-12-13(20-7-19-12)22-17(18)23-15)14(25)21-8-4-5-10(24)9(6-8)16(26)27-2/h4-7,11,24H,3H2,1-2H3,(H,21,25)(H3,18,19,20,22,23). The summed E-state index contributed by atoms with van der Waals surface area (Å²) in [7, 11) is 1.21.